The average Bonchev–Trinajstić information content (AvgIpc) is 2.72. The molecule has 19 heavy (non-hydrogen) atoms. The molecule has 0 unspecified atom stereocenters. The summed E-state index contributed by atoms with van der Waals surface area (Å²) in [6, 6.07) is 11.0. The van der Waals surface area contributed by atoms with Gasteiger partial charge in [0.05, 0.1) is 5.52 Å². The van der Waals surface area contributed by atoms with Gasteiger partial charge in [0.25, 0.3) is 0 Å². The number of oxazole rings is 1. The fourth-order valence-electron chi connectivity index (χ4n) is 1.82. The lowest BCUT2D eigenvalue weighted by molar-refractivity contribution is 0.515. The van der Waals surface area contributed by atoms with Gasteiger partial charge in [-0.2, -0.15) is 0 Å². The van der Waals surface area contributed by atoms with Crippen molar-refractivity contribution in [2.45, 2.75) is 6.67 Å². The molecule has 0 bridgehead atoms. The molecule has 0 radical (unpaired) electrons. The van der Waals surface area contributed by atoms with Crippen molar-refractivity contribution in [2.75, 3.05) is 5.32 Å². The third-order valence-corrected chi connectivity index (χ3v) is 3.21. The van der Waals surface area contributed by atoms with Crippen LogP contribution in [0.4, 0.5) is 5.82 Å². The van der Waals surface area contributed by atoms with Gasteiger partial charge in [-0.1, -0.05) is 22.0 Å². The molecule has 3 rings (SSSR count). The zero-order valence-corrected chi connectivity index (χ0v) is 11.4. The number of benzene rings is 1. The molecule has 6 heteroatoms. The van der Waals surface area contributed by atoms with Crippen molar-refractivity contribution >= 4 is 32.8 Å². The topological polar surface area (TPSA) is 60.1 Å². The van der Waals surface area contributed by atoms with Crippen molar-refractivity contribution in [3.63, 3.8) is 0 Å². The standard InChI is InChI=1S/C13H10BrN3O2/c14-9-4-5-10-11(7-9)19-13(18)17(10)8-16-12-3-1-2-6-15-12/h1-7H,8H2,(H,15,16). The predicted molar refractivity (Wildman–Crippen MR) is 76.0 cm³/mol. The van der Waals surface area contributed by atoms with Gasteiger partial charge in [-0.3, -0.25) is 4.57 Å². The summed E-state index contributed by atoms with van der Waals surface area (Å²) in [5.41, 5.74) is 1.30. The maximum Gasteiger partial charge on any atom is 0.421 e. The molecular formula is C13H10BrN3O2. The van der Waals surface area contributed by atoms with E-state index in [-0.39, 0.29) is 0 Å². The van der Waals surface area contributed by atoms with Crippen molar-refractivity contribution in [1.82, 2.24) is 9.55 Å². The predicted octanol–water partition coefficient (Wildman–Crippen LogP) is 2.82. The van der Waals surface area contributed by atoms with Crippen molar-refractivity contribution in [3.05, 3.63) is 57.6 Å². The van der Waals surface area contributed by atoms with Gasteiger partial charge < -0.3 is 9.73 Å². The minimum absolute atomic E-state index is 0.310. The van der Waals surface area contributed by atoms with Crippen LogP contribution >= 0.6 is 15.9 Å². The number of pyridine rings is 1. The van der Waals surface area contributed by atoms with Crippen LogP contribution < -0.4 is 11.1 Å². The Bertz CT molecular complexity index is 764. The summed E-state index contributed by atoms with van der Waals surface area (Å²) in [5, 5.41) is 3.07. The summed E-state index contributed by atoms with van der Waals surface area (Å²) in [4.78, 5) is 15.9. The van der Waals surface area contributed by atoms with E-state index in [4.69, 9.17) is 4.42 Å². The zero-order chi connectivity index (χ0) is 13.2. The van der Waals surface area contributed by atoms with E-state index in [1.165, 1.54) is 4.57 Å². The van der Waals surface area contributed by atoms with Crippen LogP contribution in [0.5, 0.6) is 0 Å². The van der Waals surface area contributed by atoms with Crippen LogP contribution in [0.15, 0.2) is 56.3 Å². The van der Waals surface area contributed by atoms with Gasteiger partial charge in [0, 0.05) is 10.7 Å². The molecule has 0 saturated heterocycles. The lowest BCUT2D eigenvalue weighted by Gasteiger charge is -2.05. The number of nitrogens with zero attached hydrogens (tertiary/aromatic N) is 2. The monoisotopic (exact) mass is 319 g/mol. The largest absolute Gasteiger partial charge is 0.421 e. The van der Waals surface area contributed by atoms with Gasteiger partial charge in [0.1, 0.15) is 12.5 Å². The lowest BCUT2D eigenvalue weighted by Crippen LogP contribution is -2.19. The first kappa shape index (κ1) is 12.0. The number of rotatable bonds is 3. The summed E-state index contributed by atoms with van der Waals surface area (Å²) >= 11 is 3.35. The Balaban J connectivity index is 1.93. The number of aromatic nitrogens is 2. The van der Waals surface area contributed by atoms with Crippen molar-refractivity contribution in [3.8, 4) is 0 Å². The summed E-state index contributed by atoms with van der Waals surface area (Å²) < 4.78 is 7.58. The van der Waals surface area contributed by atoms with Crippen LogP contribution in [0.2, 0.25) is 0 Å². The first-order valence-corrected chi connectivity index (χ1v) is 6.47. The van der Waals surface area contributed by atoms with Crippen molar-refractivity contribution < 1.29 is 4.42 Å². The van der Waals surface area contributed by atoms with E-state index in [0.717, 1.165) is 9.99 Å². The van der Waals surface area contributed by atoms with E-state index in [1.807, 2.05) is 30.3 Å². The highest BCUT2D eigenvalue weighted by Crippen LogP contribution is 2.18. The molecule has 1 N–H and O–H groups in total. The van der Waals surface area contributed by atoms with Crippen LogP contribution in [-0.2, 0) is 6.67 Å². The second kappa shape index (κ2) is 4.89. The number of anilines is 1. The molecule has 5 nitrogen and oxygen atoms in total. The first-order chi connectivity index (χ1) is 9.24. The minimum atomic E-state index is -0.392. The number of halogens is 1. The molecule has 0 aliphatic rings. The normalized spacial score (nSPS) is 10.8. The number of nitrogens with one attached hydrogen (secondary N) is 1. The van der Waals surface area contributed by atoms with Crippen LogP contribution in [0.1, 0.15) is 0 Å². The molecule has 0 saturated carbocycles. The maximum absolute atomic E-state index is 11.8. The molecule has 3 aromatic rings. The Hall–Kier alpha value is -2.08. The van der Waals surface area contributed by atoms with Gasteiger partial charge >= 0.3 is 5.76 Å². The van der Waals surface area contributed by atoms with Crippen LogP contribution in [0.25, 0.3) is 11.1 Å². The highest BCUT2D eigenvalue weighted by molar-refractivity contribution is 9.10. The molecule has 96 valence electrons. The van der Waals surface area contributed by atoms with E-state index >= 15 is 0 Å². The first-order valence-electron chi connectivity index (χ1n) is 5.68. The highest BCUT2D eigenvalue weighted by Gasteiger charge is 2.09. The fourth-order valence-corrected chi connectivity index (χ4v) is 2.16. The Morgan fingerprint density at radius 3 is 3.00 bits per heavy atom. The number of hydrogen-bond acceptors (Lipinski definition) is 4. The van der Waals surface area contributed by atoms with Crippen LogP contribution in [0.3, 0.4) is 0 Å². The molecule has 0 spiro atoms. The van der Waals surface area contributed by atoms with Crippen molar-refractivity contribution in [1.29, 1.82) is 0 Å². The molecule has 1 aromatic carbocycles. The van der Waals surface area contributed by atoms with Crippen LogP contribution in [0, 0.1) is 0 Å². The third-order valence-electron chi connectivity index (χ3n) is 2.71. The van der Waals surface area contributed by atoms with Crippen molar-refractivity contribution in [2.24, 2.45) is 0 Å². The molecule has 0 amide bonds. The summed E-state index contributed by atoms with van der Waals surface area (Å²) in [7, 11) is 0. The van der Waals surface area contributed by atoms with Gasteiger partial charge in [-0.15, -0.1) is 0 Å². The van der Waals surface area contributed by atoms with E-state index in [2.05, 4.69) is 26.2 Å². The van der Waals surface area contributed by atoms with Gasteiger partial charge in [0.15, 0.2) is 5.58 Å². The molecular weight excluding hydrogens is 310 g/mol. The fraction of sp³-hybridized carbons (Fsp3) is 0.0769. The smallest absolute Gasteiger partial charge is 0.408 e. The van der Waals surface area contributed by atoms with E-state index < -0.39 is 5.76 Å². The van der Waals surface area contributed by atoms with E-state index in [9.17, 15) is 4.79 Å². The molecule has 2 heterocycles. The lowest BCUT2D eigenvalue weighted by atomic mass is 10.3. The average molecular weight is 320 g/mol. The van der Waals surface area contributed by atoms with Gasteiger partial charge in [-0.05, 0) is 30.3 Å². The second-order valence-corrected chi connectivity index (χ2v) is 4.87. The number of fused-ring (bicyclic) bond motifs is 1. The Morgan fingerprint density at radius 1 is 1.32 bits per heavy atom. The SMILES string of the molecule is O=c1oc2cc(Br)ccc2n1CNc1ccccn1. The molecule has 2 aromatic heterocycles. The highest BCUT2D eigenvalue weighted by atomic mass is 79.9. The summed E-state index contributed by atoms with van der Waals surface area (Å²) in [6.07, 6.45) is 1.69. The molecule has 0 atom stereocenters. The second-order valence-electron chi connectivity index (χ2n) is 3.96. The van der Waals surface area contributed by atoms with Crippen LogP contribution in [-0.4, -0.2) is 9.55 Å². The Morgan fingerprint density at radius 2 is 2.21 bits per heavy atom. The third kappa shape index (κ3) is 2.39. The molecule has 0 fully saturated rings. The molecule has 0 aliphatic heterocycles. The Kier molecular flexibility index (Phi) is 3.08. The quantitative estimate of drug-likeness (QED) is 0.806. The minimum Gasteiger partial charge on any atom is -0.408 e. The Labute approximate surface area is 117 Å². The zero-order valence-electron chi connectivity index (χ0n) is 9.84. The van der Waals surface area contributed by atoms with E-state index in [1.54, 1.807) is 12.3 Å². The number of hydrogen-bond donors (Lipinski definition) is 1. The van der Waals surface area contributed by atoms with Gasteiger partial charge in [-0.25, -0.2) is 9.78 Å². The summed E-state index contributed by atoms with van der Waals surface area (Å²) in [5.74, 6) is 0.317. The van der Waals surface area contributed by atoms with E-state index in [0.29, 0.717) is 18.1 Å². The van der Waals surface area contributed by atoms with Gasteiger partial charge in [0.2, 0.25) is 0 Å². The molecule has 0 aliphatic carbocycles. The maximum atomic E-state index is 11.8. The summed E-state index contributed by atoms with van der Waals surface area (Å²) in [6.45, 7) is 0.310.